The molecule has 7 heteroatoms. The number of hydrogen-bond donors (Lipinski definition) is 2. The van der Waals surface area contributed by atoms with Crippen molar-refractivity contribution in [1.82, 2.24) is 9.38 Å². The number of anilines is 2. The highest BCUT2D eigenvalue weighted by Crippen LogP contribution is 2.15. The van der Waals surface area contributed by atoms with Crippen LogP contribution in [0.15, 0.2) is 59.7 Å². The molecule has 7 nitrogen and oxygen atoms in total. The average molecular weight is 322 g/mol. The Labute approximate surface area is 137 Å². The van der Waals surface area contributed by atoms with Gasteiger partial charge < -0.3 is 10.6 Å². The Balaban J connectivity index is 1.89. The van der Waals surface area contributed by atoms with Crippen molar-refractivity contribution in [3.05, 3.63) is 70.8 Å². The molecule has 0 aliphatic carbocycles. The zero-order valence-corrected chi connectivity index (χ0v) is 12.8. The highest BCUT2D eigenvalue weighted by Gasteiger charge is 2.13. The minimum Gasteiger partial charge on any atom is -0.326 e. The highest BCUT2D eigenvalue weighted by molar-refractivity contribution is 6.04. The summed E-state index contributed by atoms with van der Waals surface area (Å²) in [6, 6.07) is 11.8. The van der Waals surface area contributed by atoms with E-state index in [0.717, 1.165) is 0 Å². The first-order chi connectivity index (χ1) is 11.5. The Hall–Kier alpha value is -3.48. The topological polar surface area (TPSA) is 92.6 Å². The van der Waals surface area contributed by atoms with Crippen LogP contribution >= 0.6 is 0 Å². The number of carbonyl (C=O) groups is 2. The maximum absolute atomic E-state index is 12.4. The van der Waals surface area contributed by atoms with Crippen LogP contribution in [0.5, 0.6) is 0 Å². The number of aromatic nitrogens is 2. The van der Waals surface area contributed by atoms with Crippen molar-refractivity contribution >= 4 is 28.8 Å². The van der Waals surface area contributed by atoms with Gasteiger partial charge in [-0.15, -0.1) is 0 Å². The van der Waals surface area contributed by atoms with Gasteiger partial charge in [0.15, 0.2) is 0 Å². The van der Waals surface area contributed by atoms with E-state index in [-0.39, 0.29) is 11.5 Å². The number of hydrogen-bond acceptors (Lipinski definition) is 4. The monoisotopic (exact) mass is 322 g/mol. The van der Waals surface area contributed by atoms with Gasteiger partial charge in [0.25, 0.3) is 11.5 Å². The molecule has 120 valence electrons. The van der Waals surface area contributed by atoms with E-state index in [9.17, 15) is 14.4 Å². The van der Waals surface area contributed by atoms with Crippen LogP contribution in [0.25, 0.3) is 5.65 Å². The summed E-state index contributed by atoms with van der Waals surface area (Å²) in [5.41, 5.74) is 0.962. The number of benzene rings is 1. The molecule has 0 aliphatic rings. The SMILES string of the molecule is CC(=O)Nc1cccc(NC(=O)c2cnc3ccccn3c2=O)c1. The molecule has 2 amide bonds. The van der Waals surface area contributed by atoms with Crippen LogP contribution in [0.3, 0.4) is 0 Å². The Kier molecular flexibility index (Phi) is 4.07. The van der Waals surface area contributed by atoms with Gasteiger partial charge >= 0.3 is 0 Å². The third-order valence-electron chi connectivity index (χ3n) is 3.30. The number of nitrogens with zero attached hydrogens (tertiary/aromatic N) is 2. The number of rotatable bonds is 3. The minimum absolute atomic E-state index is 0.0661. The van der Waals surface area contributed by atoms with Gasteiger partial charge in [0.1, 0.15) is 11.2 Å². The molecule has 0 atom stereocenters. The van der Waals surface area contributed by atoms with E-state index >= 15 is 0 Å². The zero-order valence-electron chi connectivity index (χ0n) is 12.8. The van der Waals surface area contributed by atoms with E-state index in [1.807, 2.05) is 0 Å². The summed E-state index contributed by atoms with van der Waals surface area (Å²) < 4.78 is 1.31. The molecule has 24 heavy (non-hydrogen) atoms. The molecule has 3 aromatic rings. The fourth-order valence-corrected chi connectivity index (χ4v) is 2.26. The van der Waals surface area contributed by atoms with Crippen molar-refractivity contribution in [2.75, 3.05) is 10.6 Å². The standard InChI is InChI=1S/C17H14N4O3/c1-11(22)19-12-5-4-6-13(9-12)20-16(23)14-10-18-15-7-2-3-8-21(15)17(14)24/h2-10H,1H3,(H,19,22)(H,20,23). The van der Waals surface area contributed by atoms with Gasteiger partial charge in [0.05, 0.1) is 0 Å². The summed E-state index contributed by atoms with van der Waals surface area (Å²) in [4.78, 5) is 39.9. The molecular formula is C17H14N4O3. The van der Waals surface area contributed by atoms with Crippen LogP contribution in [-0.4, -0.2) is 21.2 Å². The summed E-state index contributed by atoms with van der Waals surface area (Å²) in [5, 5.41) is 5.26. The lowest BCUT2D eigenvalue weighted by Gasteiger charge is -2.08. The summed E-state index contributed by atoms with van der Waals surface area (Å²) in [6.45, 7) is 1.40. The Morgan fingerprint density at radius 1 is 1.04 bits per heavy atom. The van der Waals surface area contributed by atoms with Gasteiger partial charge in [0.2, 0.25) is 5.91 Å². The first-order valence-electron chi connectivity index (χ1n) is 7.20. The van der Waals surface area contributed by atoms with Gasteiger partial charge in [-0.1, -0.05) is 12.1 Å². The molecule has 0 fully saturated rings. The molecule has 2 heterocycles. The quantitative estimate of drug-likeness (QED) is 0.770. The summed E-state index contributed by atoms with van der Waals surface area (Å²) in [6.07, 6.45) is 2.81. The van der Waals surface area contributed by atoms with Crippen LogP contribution in [-0.2, 0) is 4.79 Å². The van der Waals surface area contributed by atoms with E-state index in [2.05, 4.69) is 15.6 Å². The lowest BCUT2D eigenvalue weighted by Crippen LogP contribution is -2.26. The molecule has 1 aromatic carbocycles. The number of nitrogens with one attached hydrogen (secondary N) is 2. The van der Waals surface area contributed by atoms with E-state index in [1.165, 1.54) is 17.5 Å². The Bertz CT molecular complexity index is 994. The molecule has 0 spiro atoms. The first kappa shape index (κ1) is 15.4. The van der Waals surface area contributed by atoms with E-state index in [0.29, 0.717) is 17.0 Å². The zero-order chi connectivity index (χ0) is 17.1. The van der Waals surface area contributed by atoms with Crippen molar-refractivity contribution in [2.45, 2.75) is 6.92 Å². The van der Waals surface area contributed by atoms with Crippen LogP contribution < -0.4 is 16.2 Å². The van der Waals surface area contributed by atoms with Gasteiger partial charge in [-0.3, -0.25) is 18.8 Å². The number of fused-ring (bicyclic) bond motifs is 1. The lowest BCUT2D eigenvalue weighted by atomic mass is 10.2. The third kappa shape index (κ3) is 3.14. The fourth-order valence-electron chi connectivity index (χ4n) is 2.26. The summed E-state index contributed by atoms with van der Waals surface area (Å²) in [7, 11) is 0. The molecule has 3 rings (SSSR count). The second kappa shape index (κ2) is 6.33. The largest absolute Gasteiger partial charge is 0.326 e. The van der Waals surface area contributed by atoms with E-state index in [1.54, 1.807) is 48.7 Å². The molecule has 0 unspecified atom stereocenters. The first-order valence-corrected chi connectivity index (χ1v) is 7.20. The normalized spacial score (nSPS) is 10.4. The van der Waals surface area contributed by atoms with Gasteiger partial charge in [-0.2, -0.15) is 0 Å². The predicted octanol–water partition coefficient (Wildman–Crippen LogP) is 1.91. The molecule has 0 radical (unpaired) electrons. The van der Waals surface area contributed by atoms with Gasteiger partial charge in [-0.25, -0.2) is 4.98 Å². The highest BCUT2D eigenvalue weighted by atomic mass is 16.2. The van der Waals surface area contributed by atoms with Crippen molar-refractivity contribution in [3.8, 4) is 0 Å². The number of pyridine rings is 1. The second-order valence-corrected chi connectivity index (χ2v) is 5.12. The maximum atomic E-state index is 12.4. The van der Waals surface area contributed by atoms with Crippen LogP contribution in [0, 0.1) is 0 Å². The molecule has 0 bridgehead atoms. The molecular weight excluding hydrogens is 308 g/mol. The lowest BCUT2D eigenvalue weighted by molar-refractivity contribution is -0.114. The summed E-state index contributed by atoms with van der Waals surface area (Å²) >= 11 is 0. The van der Waals surface area contributed by atoms with Crippen LogP contribution in [0.2, 0.25) is 0 Å². The van der Waals surface area contributed by atoms with E-state index in [4.69, 9.17) is 0 Å². The van der Waals surface area contributed by atoms with Crippen molar-refractivity contribution in [2.24, 2.45) is 0 Å². The molecule has 2 N–H and O–H groups in total. The molecule has 0 saturated heterocycles. The molecule has 0 aliphatic heterocycles. The third-order valence-corrected chi connectivity index (χ3v) is 3.30. The van der Waals surface area contributed by atoms with Crippen molar-refractivity contribution in [3.63, 3.8) is 0 Å². The minimum atomic E-state index is -0.564. The summed E-state index contributed by atoms with van der Waals surface area (Å²) in [5.74, 6) is -0.777. The van der Waals surface area contributed by atoms with Gasteiger partial charge in [0, 0.05) is 30.7 Å². The predicted molar refractivity (Wildman–Crippen MR) is 90.2 cm³/mol. The average Bonchev–Trinajstić information content (AvgIpc) is 2.55. The van der Waals surface area contributed by atoms with Crippen LogP contribution in [0.4, 0.5) is 11.4 Å². The second-order valence-electron chi connectivity index (χ2n) is 5.12. The molecule has 0 saturated carbocycles. The van der Waals surface area contributed by atoms with Gasteiger partial charge in [-0.05, 0) is 30.3 Å². The van der Waals surface area contributed by atoms with E-state index < -0.39 is 11.5 Å². The Morgan fingerprint density at radius 3 is 2.54 bits per heavy atom. The number of carbonyl (C=O) groups excluding carboxylic acids is 2. The van der Waals surface area contributed by atoms with Crippen LogP contribution in [0.1, 0.15) is 17.3 Å². The smallest absolute Gasteiger partial charge is 0.270 e. The maximum Gasteiger partial charge on any atom is 0.270 e. The fraction of sp³-hybridized carbons (Fsp3) is 0.0588. The van der Waals surface area contributed by atoms with Crippen molar-refractivity contribution < 1.29 is 9.59 Å². The van der Waals surface area contributed by atoms with Crippen molar-refractivity contribution in [1.29, 1.82) is 0 Å². The number of amides is 2. The molecule has 2 aromatic heterocycles. The Morgan fingerprint density at radius 2 is 1.79 bits per heavy atom.